The second-order valence-corrected chi connectivity index (χ2v) is 8.85. The van der Waals surface area contributed by atoms with Crippen LogP contribution in [0.3, 0.4) is 0 Å². The van der Waals surface area contributed by atoms with Crippen LogP contribution in [0.15, 0.2) is 66.9 Å². The number of anilines is 2. The Morgan fingerprint density at radius 2 is 1.76 bits per heavy atom. The minimum atomic E-state index is -4.34. The molecule has 150 valence electrons. The van der Waals surface area contributed by atoms with Crippen LogP contribution < -0.4 is 9.64 Å². The van der Waals surface area contributed by atoms with E-state index in [1.165, 1.54) is 6.20 Å². The van der Waals surface area contributed by atoms with Gasteiger partial charge in [-0.25, -0.2) is 0 Å². The molecule has 29 heavy (non-hydrogen) atoms. The van der Waals surface area contributed by atoms with E-state index in [-0.39, 0.29) is 12.5 Å². The maximum atomic E-state index is 12.2. The van der Waals surface area contributed by atoms with Gasteiger partial charge in [0.05, 0.1) is 17.1 Å². The number of benzene rings is 2. The molecule has 2 unspecified atom stereocenters. The van der Waals surface area contributed by atoms with Crippen molar-refractivity contribution in [3.8, 4) is 11.5 Å². The van der Waals surface area contributed by atoms with Gasteiger partial charge < -0.3 is 9.64 Å². The van der Waals surface area contributed by atoms with E-state index >= 15 is 0 Å². The average Bonchev–Trinajstić information content (AvgIpc) is 2.70. The third-order valence-corrected chi connectivity index (χ3v) is 6.24. The highest BCUT2D eigenvalue weighted by Crippen LogP contribution is 2.48. The molecule has 0 fully saturated rings. The highest BCUT2D eigenvalue weighted by Gasteiger charge is 2.34. The molecule has 6 nitrogen and oxygen atoms in total. The van der Waals surface area contributed by atoms with Crippen molar-refractivity contribution in [3.63, 3.8) is 0 Å². The lowest BCUT2D eigenvalue weighted by molar-refractivity contribution is 0.447. The van der Waals surface area contributed by atoms with Crippen molar-refractivity contribution < 1.29 is 17.7 Å². The fourth-order valence-corrected chi connectivity index (χ4v) is 4.71. The number of aromatic nitrogens is 1. The van der Waals surface area contributed by atoms with Crippen molar-refractivity contribution in [2.75, 3.05) is 4.90 Å². The number of rotatable bonds is 5. The van der Waals surface area contributed by atoms with Crippen LogP contribution in [0.1, 0.15) is 29.9 Å². The Balaban J connectivity index is 1.77. The quantitative estimate of drug-likeness (QED) is 0.594. The largest absolute Gasteiger partial charge is 0.453 e. The van der Waals surface area contributed by atoms with Gasteiger partial charge in [0.1, 0.15) is 5.25 Å². The summed E-state index contributed by atoms with van der Waals surface area (Å²) in [5.41, 5.74) is 3.12. The summed E-state index contributed by atoms with van der Waals surface area (Å²) < 4.78 is 40.3. The molecule has 2 heterocycles. The summed E-state index contributed by atoms with van der Waals surface area (Å²) in [5, 5.41) is -1.12. The van der Waals surface area contributed by atoms with Crippen LogP contribution in [-0.2, 0) is 10.1 Å². The number of pyridine rings is 1. The summed E-state index contributed by atoms with van der Waals surface area (Å²) in [6, 6.07) is 18.4. The van der Waals surface area contributed by atoms with Crippen LogP contribution >= 0.6 is 0 Å². The first kappa shape index (κ1) is 19.4. The van der Waals surface area contributed by atoms with Crippen LogP contribution in [0.2, 0.25) is 0 Å². The van der Waals surface area contributed by atoms with E-state index in [1.54, 1.807) is 18.2 Å². The van der Waals surface area contributed by atoms with Crippen molar-refractivity contribution in [2.45, 2.75) is 31.6 Å². The molecule has 0 bridgehead atoms. The van der Waals surface area contributed by atoms with E-state index in [0.717, 1.165) is 16.9 Å². The molecule has 7 heteroatoms. The molecule has 1 N–H and O–H groups in total. The Kier molecular flexibility index (Phi) is 5.02. The van der Waals surface area contributed by atoms with Gasteiger partial charge >= 0.3 is 0 Å². The lowest BCUT2D eigenvalue weighted by Gasteiger charge is -2.38. The molecule has 3 aromatic rings. The molecular formula is C22H22N2O4S. The van der Waals surface area contributed by atoms with E-state index in [1.807, 2.05) is 56.3 Å². The topological polar surface area (TPSA) is 79.7 Å². The number of nitrogens with zero attached hydrogens (tertiary/aromatic N) is 2. The van der Waals surface area contributed by atoms with E-state index in [9.17, 15) is 13.0 Å². The molecule has 0 aliphatic carbocycles. The van der Waals surface area contributed by atoms with Crippen molar-refractivity contribution in [1.82, 2.24) is 4.98 Å². The molecule has 0 amide bonds. The van der Waals surface area contributed by atoms with Gasteiger partial charge in [-0.1, -0.05) is 24.3 Å². The predicted octanol–water partition coefficient (Wildman–Crippen LogP) is 5.04. The van der Waals surface area contributed by atoms with Gasteiger partial charge in [-0.15, -0.1) is 0 Å². The van der Waals surface area contributed by atoms with Crippen molar-refractivity contribution >= 4 is 21.5 Å². The zero-order chi connectivity index (χ0) is 20.6. The van der Waals surface area contributed by atoms with Gasteiger partial charge in [0, 0.05) is 12.2 Å². The molecule has 1 aromatic heterocycles. The minimum Gasteiger partial charge on any atom is -0.453 e. The number of para-hydroxylation sites is 2. The summed E-state index contributed by atoms with van der Waals surface area (Å²) in [6.45, 7) is 3.94. The molecule has 1 aliphatic rings. The molecule has 1 aliphatic heterocycles. The number of ether oxygens (including phenoxy) is 1. The molecule has 4 rings (SSSR count). The Labute approximate surface area is 170 Å². The molecular weight excluding hydrogens is 388 g/mol. The summed E-state index contributed by atoms with van der Waals surface area (Å²) in [7, 11) is -4.34. The zero-order valence-corrected chi connectivity index (χ0v) is 17.0. The van der Waals surface area contributed by atoms with Crippen LogP contribution in [0, 0.1) is 6.92 Å². The maximum absolute atomic E-state index is 12.2. The second kappa shape index (κ2) is 7.50. The number of fused-ring (bicyclic) bond motifs is 2. The van der Waals surface area contributed by atoms with Gasteiger partial charge in [0.25, 0.3) is 10.1 Å². The highest BCUT2D eigenvalue weighted by atomic mass is 32.2. The van der Waals surface area contributed by atoms with E-state index in [0.29, 0.717) is 17.2 Å². The van der Waals surface area contributed by atoms with E-state index < -0.39 is 15.4 Å². The van der Waals surface area contributed by atoms with Crippen molar-refractivity contribution in [2.24, 2.45) is 0 Å². The molecule has 0 saturated heterocycles. The Bertz CT molecular complexity index is 1130. The highest BCUT2D eigenvalue weighted by molar-refractivity contribution is 7.86. The number of aryl methyl sites for hydroxylation is 1. The minimum absolute atomic E-state index is 0.164. The first-order valence-corrected chi connectivity index (χ1v) is 10.9. The first-order chi connectivity index (χ1) is 13.8. The van der Waals surface area contributed by atoms with Gasteiger partial charge in [-0.3, -0.25) is 9.54 Å². The molecule has 2 atom stereocenters. The standard InChI is InChI=1S/C22H22N2O4S/c1-15-10-11-21-19(13-15)24(18-8-3-4-9-20(18)28-21)16(2)14-22(29(25,26)27)17-7-5-6-12-23-17/h3-13,16,22H,14H2,1-2H3,(H,25,26,27). The first-order valence-electron chi connectivity index (χ1n) is 9.38. The van der Waals surface area contributed by atoms with Crippen LogP contribution in [-0.4, -0.2) is 24.0 Å². The number of hydrogen-bond donors (Lipinski definition) is 1. The molecule has 0 radical (unpaired) electrons. The average molecular weight is 410 g/mol. The van der Waals surface area contributed by atoms with Gasteiger partial charge in [-0.2, -0.15) is 8.42 Å². The van der Waals surface area contributed by atoms with Gasteiger partial charge in [-0.05, 0) is 62.2 Å². The van der Waals surface area contributed by atoms with E-state index in [4.69, 9.17) is 4.74 Å². The smallest absolute Gasteiger partial charge is 0.273 e. The Morgan fingerprint density at radius 3 is 2.48 bits per heavy atom. The molecule has 2 aromatic carbocycles. The van der Waals surface area contributed by atoms with Crippen molar-refractivity contribution in [3.05, 3.63) is 78.1 Å². The molecule has 0 saturated carbocycles. The summed E-state index contributed by atoms with van der Waals surface area (Å²) in [5.74, 6) is 1.42. The summed E-state index contributed by atoms with van der Waals surface area (Å²) in [4.78, 5) is 6.24. The summed E-state index contributed by atoms with van der Waals surface area (Å²) in [6.07, 6.45) is 1.69. The van der Waals surface area contributed by atoms with Crippen LogP contribution in [0.4, 0.5) is 11.4 Å². The SMILES string of the molecule is Cc1ccc2c(c1)N(C(C)CC(c1ccccn1)S(=O)(=O)O)c1ccccc1O2. The lowest BCUT2D eigenvalue weighted by atomic mass is 10.0. The van der Waals surface area contributed by atoms with Crippen molar-refractivity contribution in [1.29, 1.82) is 0 Å². The predicted molar refractivity (Wildman–Crippen MR) is 112 cm³/mol. The normalized spacial score (nSPS) is 15.1. The van der Waals surface area contributed by atoms with Gasteiger partial charge in [0.15, 0.2) is 11.5 Å². The van der Waals surface area contributed by atoms with Crippen LogP contribution in [0.5, 0.6) is 11.5 Å². The monoisotopic (exact) mass is 410 g/mol. The van der Waals surface area contributed by atoms with E-state index in [2.05, 4.69) is 9.88 Å². The fraction of sp³-hybridized carbons (Fsp3) is 0.227. The maximum Gasteiger partial charge on any atom is 0.273 e. The summed E-state index contributed by atoms with van der Waals surface area (Å²) >= 11 is 0. The number of hydrogen-bond acceptors (Lipinski definition) is 5. The lowest BCUT2D eigenvalue weighted by Crippen LogP contribution is -2.33. The Hall–Kier alpha value is -2.90. The zero-order valence-electron chi connectivity index (χ0n) is 16.2. The third kappa shape index (κ3) is 3.83. The van der Waals surface area contributed by atoms with Crippen LogP contribution in [0.25, 0.3) is 0 Å². The fourth-order valence-electron chi connectivity index (χ4n) is 3.74. The molecule has 0 spiro atoms. The third-order valence-electron chi connectivity index (χ3n) is 5.09. The second-order valence-electron chi connectivity index (χ2n) is 7.25. The Morgan fingerprint density at radius 1 is 1.03 bits per heavy atom. The van der Waals surface area contributed by atoms with Gasteiger partial charge in [0.2, 0.25) is 0 Å².